The van der Waals surface area contributed by atoms with E-state index in [1.54, 1.807) is 7.11 Å². The van der Waals surface area contributed by atoms with Crippen molar-refractivity contribution in [2.75, 3.05) is 27.2 Å². The largest absolute Gasteiger partial charge is 0.496 e. The van der Waals surface area contributed by atoms with Crippen LogP contribution in [0.5, 0.6) is 5.75 Å². The molecule has 1 aromatic carbocycles. The number of ether oxygens (including phenoxy) is 1. The monoisotopic (exact) mass is 332 g/mol. The molecule has 134 valence electrons. The van der Waals surface area contributed by atoms with Crippen molar-refractivity contribution in [3.05, 3.63) is 29.3 Å². The Kier molecular flexibility index (Phi) is 6.91. The number of methoxy groups -OCH3 is 1. The summed E-state index contributed by atoms with van der Waals surface area (Å²) in [5, 5.41) is 6.78. The van der Waals surface area contributed by atoms with E-state index in [4.69, 9.17) is 9.73 Å². The van der Waals surface area contributed by atoms with E-state index >= 15 is 0 Å². The highest BCUT2D eigenvalue weighted by Gasteiger charge is 2.28. The number of guanidine groups is 1. The predicted octanol–water partition coefficient (Wildman–Crippen LogP) is 2.54. The van der Waals surface area contributed by atoms with Gasteiger partial charge in [-0.25, -0.2) is 4.99 Å². The maximum atomic E-state index is 5.46. The second-order valence-electron chi connectivity index (χ2n) is 6.64. The molecule has 1 aliphatic rings. The van der Waals surface area contributed by atoms with Crippen molar-refractivity contribution in [1.82, 2.24) is 15.5 Å². The van der Waals surface area contributed by atoms with Crippen molar-refractivity contribution in [1.29, 1.82) is 0 Å². The van der Waals surface area contributed by atoms with Gasteiger partial charge in [-0.15, -0.1) is 0 Å². The molecule has 5 heteroatoms. The van der Waals surface area contributed by atoms with Gasteiger partial charge >= 0.3 is 0 Å². The van der Waals surface area contributed by atoms with Crippen LogP contribution in [0.15, 0.2) is 23.2 Å². The molecule has 0 aromatic heterocycles. The number of hydrogen-bond acceptors (Lipinski definition) is 3. The zero-order chi connectivity index (χ0) is 17.5. The van der Waals surface area contributed by atoms with Crippen molar-refractivity contribution in [3.63, 3.8) is 0 Å². The van der Waals surface area contributed by atoms with Crippen molar-refractivity contribution in [2.45, 2.75) is 52.2 Å². The third kappa shape index (κ3) is 5.41. The lowest BCUT2D eigenvalue weighted by Gasteiger charge is -2.25. The van der Waals surface area contributed by atoms with Gasteiger partial charge in [0, 0.05) is 30.7 Å². The van der Waals surface area contributed by atoms with E-state index in [1.165, 1.54) is 18.4 Å². The van der Waals surface area contributed by atoms with Gasteiger partial charge in [-0.1, -0.05) is 12.1 Å². The Morgan fingerprint density at radius 2 is 2.12 bits per heavy atom. The first-order valence-electron chi connectivity index (χ1n) is 8.92. The molecule has 1 unspecified atom stereocenters. The van der Waals surface area contributed by atoms with E-state index in [9.17, 15) is 0 Å². The molecule has 2 rings (SSSR count). The highest BCUT2D eigenvalue weighted by atomic mass is 16.5. The summed E-state index contributed by atoms with van der Waals surface area (Å²) in [6.45, 7) is 8.76. The van der Waals surface area contributed by atoms with Crippen molar-refractivity contribution < 1.29 is 4.74 Å². The quantitative estimate of drug-likeness (QED) is 0.567. The first kappa shape index (κ1) is 18.6. The van der Waals surface area contributed by atoms with Crippen LogP contribution < -0.4 is 15.4 Å². The number of nitrogens with zero attached hydrogens (tertiary/aromatic N) is 2. The second-order valence-corrected chi connectivity index (χ2v) is 6.64. The van der Waals surface area contributed by atoms with E-state index in [0.29, 0.717) is 12.6 Å². The molecule has 1 fully saturated rings. The zero-order valence-electron chi connectivity index (χ0n) is 15.7. The van der Waals surface area contributed by atoms with Crippen LogP contribution in [0.3, 0.4) is 0 Å². The fourth-order valence-electron chi connectivity index (χ4n) is 2.72. The lowest BCUT2D eigenvalue weighted by molar-refractivity contribution is 0.247. The fourth-order valence-corrected chi connectivity index (χ4v) is 2.72. The summed E-state index contributed by atoms with van der Waals surface area (Å²) in [5.41, 5.74) is 2.30. The van der Waals surface area contributed by atoms with Crippen LogP contribution in [-0.4, -0.2) is 50.2 Å². The van der Waals surface area contributed by atoms with Crippen LogP contribution in [0.1, 0.15) is 37.8 Å². The first-order chi connectivity index (χ1) is 11.5. The number of aryl methyl sites for hydroxylation is 1. The lowest BCUT2D eigenvalue weighted by Crippen LogP contribution is -2.45. The Hall–Kier alpha value is -1.75. The molecule has 1 aliphatic carbocycles. The molecule has 24 heavy (non-hydrogen) atoms. The molecule has 0 heterocycles. The van der Waals surface area contributed by atoms with Gasteiger partial charge in [0.05, 0.1) is 13.7 Å². The second kappa shape index (κ2) is 8.92. The number of nitrogens with one attached hydrogen (secondary N) is 2. The van der Waals surface area contributed by atoms with E-state index in [0.717, 1.165) is 36.4 Å². The van der Waals surface area contributed by atoms with Crippen LogP contribution in [0, 0.1) is 6.92 Å². The van der Waals surface area contributed by atoms with Crippen LogP contribution in [0.2, 0.25) is 0 Å². The summed E-state index contributed by atoms with van der Waals surface area (Å²) in [6.07, 6.45) is 2.67. The highest BCUT2D eigenvalue weighted by Crippen LogP contribution is 2.26. The third-order valence-electron chi connectivity index (χ3n) is 4.58. The summed E-state index contributed by atoms with van der Waals surface area (Å²) in [6, 6.07) is 7.51. The summed E-state index contributed by atoms with van der Waals surface area (Å²) >= 11 is 0. The summed E-state index contributed by atoms with van der Waals surface area (Å²) in [4.78, 5) is 7.17. The van der Waals surface area contributed by atoms with Gasteiger partial charge in [0.1, 0.15) is 5.75 Å². The molecule has 1 saturated carbocycles. The SMILES string of the molecule is CCNC(=NCc1ccc(C)cc1OC)NCC(C)N(C)C1CC1. The Morgan fingerprint density at radius 1 is 1.38 bits per heavy atom. The van der Waals surface area contributed by atoms with Gasteiger partial charge < -0.3 is 15.4 Å². The maximum Gasteiger partial charge on any atom is 0.191 e. The van der Waals surface area contributed by atoms with E-state index < -0.39 is 0 Å². The van der Waals surface area contributed by atoms with Crippen LogP contribution >= 0.6 is 0 Å². The van der Waals surface area contributed by atoms with E-state index in [2.05, 4.69) is 61.6 Å². The number of benzene rings is 1. The average molecular weight is 332 g/mol. The van der Waals surface area contributed by atoms with Crippen molar-refractivity contribution >= 4 is 5.96 Å². The Balaban J connectivity index is 1.94. The van der Waals surface area contributed by atoms with Crippen LogP contribution in [-0.2, 0) is 6.54 Å². The number of rotatable bonds is 8. The fraction of sp³-hybridized carbons (Fsp3) is 0.632. The van der Waals surface area contributed by atoms with Crippen molar-refractivity contribution in [2.24, 2.45) is 4.99 Å². The Labute approximate surface area is 146 Å². The molecule has 5 nitrogen and oxygen atoms in total. The Morgan fingerprint density at radius 3 is 2.75 bits per heavy atom. The minimum atomic E-state index is 0.496. The third-order valence-corrected chi connectivity index (χ3v) is 4.58. The maximum absolute atomic E-state index is 5.46. The molecule has 1 atom stereocenters. The lowest BCUT2D eigenvalue weighted by atomic mass is 10.1. The smallest absolute Gasteiger partial charge is 0.191 e. The molecule has 2 N–H and O–H groups in total. The molecule has 1 aromatic rings. The van der Waals surface area contributed by atoms with Crippen molar-refractivity contribution in [3.8, 4) is 5.75 Å². The highest BCUT2D eigenvalue weighted by molar-refractivity contribution is 5.79. The van der Waals surface area contributed by atoms with Gasteiger partial charge in [-0.3, -0.25) is 4.90 Å². The summed E-state index contributed by atoms with van der Waals surface area (Å²) in [5.74, 6) is 1.76. The van der Waals surface area contributed by atoms with Crippen LogP contribution in [0.4, 0.5) is 0 Å². The van der Waals surface area contributed by atoms with Gasteiger partial charge in [0.15, 0.2) is 5.96 Å². The number of hydrogen-bond donors (Lipinski definition) is 2. The summed E-state index contributed by atoms with van der Waals surface area (Å²) in [7, 11) is 3.92. The zero-order valence-corrected chi connectivity index (χ0v) is 15.7. The Bertz CT molecular complexity index is 554. The minimum Gasteiger partial charge on any atom is -0.496 e. The molecule has 0 saturated heterocycles. The molecule has 0 bridgehead atoms. The average Bonchev–Trinajstić information content (AvgIpc) is 3.42. The molecular formula is C19H32N4O. The van der Waals surface area contributed by atoms with Gasteiger partial charge in [0.25, 0.3) is 0 Å². The van der Waals surface area contributed by atoms with E-state index in [1.807, 2.05) is 0 Å². The molecule has 0 spiro atoms. The molecule has 0 amide bonds. The van der Waals surface area contributed by atoms with E-state index in [-0.39, 0.29) is 0 Å². The molecular weight excluding hydrogens is 300 g/mol. The first-order valence-corrected chi connectivity index (χ1v) is 8.92. The van der Waals surface area contributed by atoms with Gasteiger partial charge in [-0.05, 0) is 52.3 Å². The topological polar surface area (TPSA) is 48.9 Å². The van der Waals surface area contributed by atoms with Gasteiger partial charge in [-0.2, -0.15) is 0 Å². The normalized spacial score (nSPS) is 16.2. The number of likely N-dealkylation sites (N-methyl/N-ethyl adjacent to an activating group) is 1. The van der Waals surface area contributed by atoms with Gasteiger partial charge in [0.2, 0.25) is 0 Å². The standard InChI is InChI=1S/C19H32N4O/c1-6-20-19(21-12-15(3)23(4)17-9-10-17)22-13-16-8-7-14(2)11-18(16)24-5/h7-8,11,15,17H,6,9-10,12-13H2,1-5H3,(H2,20,21,22). The minimum absolute atomic E-state index is 0.496. The summed E-state index contributed by atoms with van der Waals surface area (Å²) < 4.78 is 5.46. The molecule has 0 radical (unpaired) electrons. The molecule has 0 aliphatic heterocycles. The number of aliphatic imine (C=N–C) groups is 1. The predicted molar refractivity (Wildman–Crippen MR) is 101 cm³/mol. The van der Waals surface area contributed by atoms with Crippen LogP contribution in [0.25, 0.3) is 0 Å².